The number of esters is 1. The number of carbonyl (C=O) groups is 2. The van der Waals surface area contributed by atoms with Crippen molar-refractivity contribution < 1.29 is 19.1 Å². The highest BCUT2D eigenvalue weighted by atomic mass is 16.5. The summed E-state index contributed by atoms with van der Waals surface area (Å²) in [6.45, 7) is 6.66. The Morgan fingerprint density at radius 1 is 1.04 bits per heavy atom. The van der Waals surface area contributed by atoms with Gasteiger partial charge in [0.15, 0.2) is 0 Å². The quantitative estimate of drug-likeness (QED) is 0.395. The minimum absolute atomic E-state index is 0.127. The number of nitrogens with zero attached hydrogens (tertiary/aromatic N) is 1. The molecule has 0 unspecified atom stereocenters. The second-order valence-electron chi connectivity index (χ2n) is 7.06. The normalized spacial score (nSPS) is 20.3. The summed E-state index contributed by atoms with van der Waals surface area (Å²) in [6.07, 6.45) is 9.25. The second kappa shape index (κ2) is 13.2. The molecule has 0 radical (unpaired) electrons. The molecule has 0 N–H and O–H groups in total. The van der Waals surface area contributed by atoms with Gasteiger partial charge in [0.25, 0.3) is 0 Å². The molecule has 0 aromatic rings. The van der Waals surface area contributed by atoms with Crippen LogP contribution in [0.25, 0.3) is 0 Å². The van der Waals surface area contributed by atoms with Gasteiger partial charge in [0.1, 0.15) is 0 Å². The van der Waals surface area contributed by atoms with Crippen LogP contribution >= 0.6 is 0 Å². The van der Waals surface area contributed by atoms with E-state index < -0.39 is 0 Å². The largest absolute Gasteiger partial charge is 0.469 e. The maximum Gasteiger partial charge on any atom is 0.307 e. The molecule has 0 spiro atoms. The Morgan fingerprint density at radius 3 is 2.36 bits per heavy atom. The topological polar surface area (TPSA) is 55.8 Å². The lowest BCUT2D eigenvalue weighted by molar-refractivity contribution is -0.142. The highest BCUT2D eigenvalue weighted by molar-refractivity contribution is 5.79. The van der Waals surface area contributed by atoms with E-state index in [-0.39, 0.29) is 24.2 Å². The first-order valence-electron chi connectivity index (χ1n) is 10.1. The molecule has 1 amide bonds. The highest BCUT2D eigenvalue weighted by Gasteiger charge is 2.29. The third kappa shape index (κ3) is 8.70. The van der Waals surface area contributed by atoms with Crippen LogP contribution in [-0.2, 0) is 19.1 Å². The fourth-order valence-corrected chi connectivity index (χ4v) is 3.61. The molecule has 0 saturated heterocycles. The zero-order valence-electron chi connectivity index (χ0n) is 16.4. The summed E-state index contributed by atoms with van der Waals surface area (Å²) < 4.78 is 10.1. The first-order chi connectivity index (χ1) is 12.1. The number of amides is 1. The zero-order chi connectivity index (χ0) is 18.5. The van der Waals surface area contributed by atoms with Gasteiger partial charge in [-0.05, 0) is 44.9 Å². The van der Waals surface area contributed by atoms with Crippen molar-refractivity contribution in [3.8, 4) is 0 Å². The molecule has 0 aromatic carbocycles. The first-order valence-corrected chi connectivity index (χ1v) is 10.1. The van der Waals surface area contributed by atoms with Crippen LogP contribution in [0.5, 0.6) is 0 Å². The SMILES string of the molecule is CCCCC1CCC(C(=O)N(CCCOCC)CCC(=O)OC)CC1. The predicted molar refractivity (Wildman–Crippen MR) is 99.3 cm³/mol. The van der Waals surface area contributed by atoms with Gasteiger partial charge >= 0.3 is 5.97 Å². The summed E-state index contributed by atoms with van der Waals surface area (Å²) in [5.74, 6) is 0.883. The molecule has 0 heterocycles. The summed E-state index contributed by atoms with van der Waals surface area (Å²) in [4.78, 5) is 26.2. The van der Waals surface area contributed by atoms with Gasteiger partial charge in [-0.1, -0.05) is 26.2 Å². The van der Waals surface area contributed by atoms with Crippen molar-refractivity contribution in [2.45, 2.75) is 71.6 Å². The fraction of sp³-hybridized carbons (Fsp3) is 0.900. The van der Waals surface area contributed by atoms with E-state index in [2.05, 4.69) is 6.92 Å². The number of hydrogen-bond donors (Lipinski definition) is 0. The number of rotatable bonds is 12. The van der Waals surface area contributed by atoms with E-state index in [1.54, 1.807) is 0 Å². The molecule has 0 aliphatic heterocycles. The number of ether oxygens (including phenoxy) is 2. The lowest BCUT2D eigenvalue weighted by Gasteiger charge is -2.32. The molecule has 1 aliphatic carbocycles. The van der Waals surface area contributed by atoms with Crippen LogP contribution < -0.4 is 0 Å². The Hall–Kier alpha value is -1.10. The molecule has 0 bridgehead atoms. The van der Waals surface area contributed by atoms with Crippen molar-refractivity contribution in [3.05, 3.63) is 0 Å². The molecule has 1 aliphatic rings. The van der Waals surface area contributed by atoms with Crippen LogP contribution in [0.2, 0.25) is 0 Å². The lowest BCUT2D eigenvalue weighted by Crippen LogP contribution is -2.40. The number of hydrogen-bond acceptors (Lipinski definition) is 4. The molecule has 1 saturated carbocycles. The van der Waals surface area contributed by atoms with E-state index in [4.69, 9.17) is 9.47 Å². The van der Waals surface area contributed by atoms with Gasteiger partial charge in [-0.15, -0.1) is 0 Å². The maximum atomic E-state index is 12.9. The Bertz CT molecular complexity index is 378. The molecule has 25 heavy (non-hydrogen) atoms. The first kappa shape index (κ1) is 21.9. The molecule has 0 atom stereocenters. The smallest absolute Gasteiger partial charge is 0.307 e. The molecule has 5 heteroatoms. The number of methoxy groups -OCH3 is 1. The van der Waals surface area contributed by atoms with Gasteiger partial charge in [0.05, 0.1) is 13.5 Å². The van der Waals surface area contributed by atoms with Crippen molar-refractivity contribution in [1.29, 1.82) is 0 Å². The van der Waals surface area contributed by atoms with Crippen LogP contribution in [0.3, 0.4) is 0 Å². The number of unbranched alkanes of at least 4 members (excludes halogenated alkanes) is 1. The van der Waals surface area contributed by atoms with Crippen molar-refractivity contribution in [3.63, 3.8) is 0 Å². The summed E-state index contributed by atoms with van der Waals surface area (Å²) in [6, 6.07) is 0. The van der Waals surface area contributed by atoms with Gasteiger partial charge in [0.2, 0.25) is 5.91 Å². The third-order valence-corrected chi connectivity index (χ3v) is 5.21. The van der Waals surface area contributed by atoms with Crippen molar-refractivity contribution in [2.75, 3.05) is 33.4 Å². The zero-order valence-corrected chi connectivity index (χ0v) is 16.4. The van der Waals surface area contributed by atoms with Gasteiger partial charge in [-0.2, -0.15) is 0 Å². The molecule has 0 aromatic heterocycles. The van der Waals surface area contributed by atoms with Crippen molar-refractivity contribution in [1.82, 2.24) is 4.90 Å². The molecule has 146 valence electrons. The van der Waals surface area contributed by atoms with E-state index in [0.29, 0.717) is 26.3 Å². The van der Waals surface area contributed by atoms with Crippen LogP contribution in [-0.4, -0.2) is 50.2 Å². The van der Waals surface area contributed by atoms with Gasteiger partial charge < -0.3 is 14.4 Å². The fourth-order valence-electron chi connectivity index (χ4n) is 3.61. The average Bonchev–Trinajstić information content (AvgIpc) is 2.65. The lowest BCUT2D eigenvalue weighted by atomic mass is 9.79. The maximum absolute atomic E-state index is 12.9. The number of carbonyl (C=O) groups excluding carboxylic acids is 2. The van der Waals surface area contributed by atoms with E-state index in [1.165, 1.54) is 39.2 Å². The second-order valence-corrected chi connectivity index (χ2v) is 7.06. The third-order valence-electron chi connectivity index (χ3n) is 5.21. The van der Waals surface area contributed by atoms with Crippen LogP contribution in [0, 0.1) is 11.8 Å². The molecule has 1 rings (SSSR count). The van der Waals surface area contributed by atoms with E-state index in [0.717, 1.165) is 25.2 Å². The van der Waals surface area contributed by atoms with E-state index >= 15 is 0 Å². The minimum Gasteiger partial charge on any atom is -0.469 e. The molecular weight excluding hydrogens is 318 g/mol. The van der Waals surface area contributed by atoms with Crippen LogP contribution in [0.4, 0.5) is 0 Å². The highest BCUT2D eigenvalue weighted by Crippen LogP contribution is 2.33. The summed E-state index contributed by atoms with van der Waals surface area (Å²) >= 11 is 0. The summed E-state index contributed by atoms with van der Waals surface area (Å²) in [5, 5.41) is 0. The Morgan fingerprint density at radius 2 is 1.76 bits per heavy atom. The van der Waals surface area contributed by atoms with Gasteiger partial charge in [0, 0.05) is 32.2 Å². The van der Waals surface area contributed by atoms with Crippen LogP contribution in [0.1, 0.15) is 71.6 Å². The monoisotopic (exact) mass is 355 g/mol. The van der Waals surface area contributed by atoms with Gasteiger partial charge in [-0.25, -0.2) is 0 Å². The van der Waals surface area contributed by atoms with E-state index in [1.807, 2.05) is 11.8 Å². The molecular formula is C20H37NO4. The molecule has 1 fully saturated rings. The van der Waals surface area contributed by atoms with Crippen molar-refractivity contribution >= 4 is 11.9 Å². The van der Waals surface area contributed by atoms with E-state index in [9.17, 15) is 9.59 Å². The Balaban J connectivity index is 2.48. The average molecular weight is 356 g/mol. The van der Waals surface area contributed by atoms with Crippen LogP contribution in [0.15, 0.2) is 0 Å². The Labute approximate surface area is 153 Å². The minimum atomic E-state index is -0.258. The standard InChI is InChI=1S/C20H37NO4/c1-4-6-8-17-9-11-18(12-10-17)20(23)21(14-7-16-25-5-2)15-13-19(22)24-3/h17-18H,4-16H2,1-3H3. The summed E-state index contributed by atoms with van der Waals surface area (Å²) in [5.41, 5.74) is 0. The Kier molecular flexibility index (Phi) is 11.5. The summed E-state index contributed by atoms with van der Waals surface area (Å²) in [7, 11) is 1.39. The van der Waals surface area contributed by atoms with Gasteiger partial charge in [-0.3, -0.25) is 9.59 Å². The molecule has 5 nitrogen and oxygen atoms in total. The van der Waals surface area contributed by atoms with Crippen molar-refractivity contribution in [2.24, 2.45) is 11.8 Å². The predicted octanol–water partition coefficient (Wildman–Crippen LogP) is 3.80.